The minimum atomic E-state index is 0.536. The van der Waals surface area contributed by atoms with Crippen LogP contribution in [0, 0.1) is 17.3 Å². The molecular weight excluding hydrogens is 108 g/mol. The van der Waals surface area contributed by atoms with Crippen LogP contribution in [0.5, 0.6) is 0 Å². The highest BCUT2D eigenvalue weighted by Crippen LogP contribution is 2.61. The molecule has 0 amide bonds. The van der Waals surface area contributed by atoms with Gasteiger partial charge in [0.2, 0.25) is 0 Å². The molecule has 0 aliphatic heterocycles. The fraction of sp³-hybridized carbons (Fsp3) is 0.556. The van der Waals surface area contributed by atoms with E-state index >= 15 is 0 Å². The second kappa shape index (κ2) is 1.31. The van der Waals surface area contributed by atoms with Crippen LogP contribution in [0.1, 0.15) is 13.8 Å². The van der Waals surface area contributed by atoms with Crippen molar-refractivity contribution in [2.75, 3.05) is 0 Å². The molecule has 0 aromatic rings. The fourth-order valence-corrected chi connectivity index (χ4v) is 1.88. The molecule has 1 fully saturated rings. The third-order valence-electron chi connectivity index (χ3n) is 3.01. The Hall–Kier alpha value is -0.520. The number of rotatable bonds is 0. The van der Waals surface area contributed by atoms with Gasteiger partial charge in [-0.25, -0.2) is 0 Å². The standard InChI is InChI=1S/C9H12/c1-7-8-5-3-4-6-9(7,8)2/h3-8H,1-2H3. The van der Waals surface area contributed by atoms with E-state index in [0.29, 0.717) is 5.41 Å². The van der Waals surface area contributed by atoms with Crippen LogP contribution in [-0.2, 0) is 0 Å². The number of fused-ring (bicyclic) bond motifs is 1. The van der Waals surface area contributed by atoms with E-state index in [0.717, 1.165) is 11.8 Å². The van der Waals surface area contributed by atoms with E-state index in [1.807, 2.05) is 0 Å². The molecule has 0 spiro atoms. The van der Waals surface area contributed by atoms with Crippen molar-refractivity contribution in [2.24, 2.45) is 17.3 Å². The Morgan fingerprint density at radius 1 is 1.33 bits per heavy atom. The van der Waals surface area contributed by atoms with E-state index < -0.39 is 0 Å². The van der Waals surface area contributed by atoms with Crippen LogP contribution in [-0.4, -0.2) is 0 Å². The monoisotopic (exact) mass is 120 g/mol. The molecule has 0 aromatic heterocycles. The van der Waals surface area contributed by atoms with Gasteiger partial charge < -0.3 is 0 Å². The lowest BCUT2D eigenvalue weighted by Crippen LogP contribution is -1.93. The van der Waals surface area contributed by atoms with Gasteiger partial charge in [0.15, 0.2) is 0 Å². The summed E-state index contributed by atoms with van der Waals surface area (Å²) >= 11 is 0. The first-order valence-corrected chi connectivity index (χ1v) is 3.61. The van der Waals surface area contributed by atoms with Gasteiger partial charge in [0.25, 0.3) is 0 Å². The fourth-order valence-electron chi connectivity index (χ4n) is 1.88. The zero-order valence-corrected chi connectivity index (χ0v) is 5.96. The van der Waals surface area contributed by atoms with E-state index in [2.05, 4.69) is 38.2 Å². The third-order valence-corrected chi connectivity index (χ3v) is 3.01. The van der Waals surface area contributed by atoms with Crippen molar-refractivity contribution in [3.05, 3.63) is 24.3 Å². The molecule has 0 heterocycles. The molecule has 0 radical (unpaired) electrons. The van der Waals surface area contributed by atoms with Crippen LogP contribution in [0.25, 0.3) is 0 Å². The van der Waals surface area contributed by atoms with Crippen LogP contribution < -0.4 is 0 Å². The lowest BCUT2D eigenvalue weighted by Gasteiger charge is -2.03. The molecule has 0 nitrogen and oxygen atoms in total. The Bertz CT molecular complexity index is 188. The van der Waals surface area contributed by atoms with Crippen LogP contribution in [0.4, 0.5) is 0 Å². The van der Waals surface area contributed by atoms with Crippen LogP contribution in [0.3, 0.4) is 0 Å². The topological polar surface area (TPSA) is 0 Å². The van der Waals surface area contributed by atoms with Crippen LogP contribution in [0.2, 0.25) is 0 Å². The maximum atomic E-state index is 2.34. The van der Waals surface area contributed by atoms with Crippen molar-refractivity contribution in [2.45, 2.75) is 13.8 Å². The Morgan fingerprint density at radius 3 is 2.56 bits per heavy atom. The minimum Gasteiger partial charge on any atom is -0.0803 e. The van der Waals surface area contributed by atoms with Gasteiger partial charge in [-0.1, -0.05) is 38.2 Å². The summed E-state index contributed by atoms with van der Waals surface area (Å²) in [6.45, 7) is 4.66. The summed E-state index contributed by atoms with van der Waals surface area (Å²) in [5.41, 5.74) is 0.536. The van der Waals surface area contributed by atoms with Gasteiger partial charge in [-0.2, -0.15) is 0 Å². The van der Waals surface area contributed by atoms with E-state index in [4.69, 9.17) is 0 Å². The molecule has 2 aliphatic rings. The summed E-state index contributed by atoms with van der Waals surface area (Å²) in [6.07, 6.45) is 8.99. The lowest BCUT2D eigenvalue weighted by atomic mass is 10.0. The van der Waals surface area contributed by atoms with Crippen molar-refractivity contribution in [1.29, 1.82) is 0 Å². The van der Waals surface area contributed by atoms with Gasteiger partial charge in [-0.15, -0.1) is 0 Å². The van der Waals surface area contributed by atoms with E-state index in [9.17, 15) is 0 Å². The molecule has 3 atom stereocenters. The summed E-state index contributed by atoms with van der Waals surface area (Å²) in [6, 6.07) is 0. The highest BCUT2D eigenvalue weighted by atomic mass is 14.6. The van der Waals surface area contributed by atoms with Crippen molar-refractivity contribution in [3.8, 4) is 0 Å². The van der Waals surface area contributed by atoms with Gasteiger partial charge in [-0.05, 0) is 17.3 Å². The average Bonchev–Trinajstić information content (AvgIpc) is 2.38. The second-order valence-electron chi connectivity index (χ2n) is 3.42. The van der Waals surface area contributed by atoms with Crippen LogP contribution in [0.15, 0.2) is 24.3 Å². The summed E-state index contributed by atoms with van der Waals surface area (Å²) in [4.78, 5) is 0. The second-order valence-corrected chi connectivity index (χ2v) is 3.42. The van der Waals surface area contributed by atoms with Crippen molar-refractivity contribution >= 4 is 0 Å². The molecule has 0 N–H and O–H groups in total. The molecule has 3 unspecified atom stereocenters. The maximum Gasteiger partial charge on any atom is -0.00462 e. The third kappa shape index (κ3) is 0.487. The molecule has 0 heteroatoms. The van der Waals surface area contributed by atoms with Crippen molar-refractivity contribution in [3.63, 3.8) is 0 Å². The minimum absolute atomic E-state index is 0.536. The van der Waals surface area contributed by atoms with E-state index in [-0.39, 0.29) is 0 Å². The predicted octanol–water partition coefficient (Wildman–Crippen LogP) is 2.38. The Morgan fingerprint density at radius 2 is 2.11 bits per heavy atom. The highest BCUT2D eigenvalue weighted by Gasteiger charge is 2.55. The van der Waals surface area contributed by atoms with E-state index in [1.165, 1.54) is 0 Å². The molecule has 0 bridgehead atoms. The lowest BCUT2D eigenvalue weighted by molar-refractivity contribution is 0.648. The summed E-state index contributed by atoms with van der Waals surface area (Å²) < 4.78 is 0. The summed E-state index contributed by atoms with van der Waals surface area (Å²) in [5, 5.41) is 0. The zero-order chi connectivity index (χ0) is 6.48. The van der Waals surface area contributed by atoms with Gasteiger partial charge in [0, 0.05) is 0 Å². The smallest absolute Gasteiger partial charge is 0.00462 e. The largest absolute Gasteiger partial charge is 0.0803 e. The SMILES string of the molecule is CC1C2C=CC=CC12C. The Balaban J connectivity index is 2.33. The molecule has 1 saturated carbocycles. The maximum absolute atomic E-state index is 2.34. The van der Waals surface area contributed by atoms with Gasteiger partial charge in [0.05, 0.1) is 0 Å². The highest BCUT2D eigenvalue weighted by molar-refractivity contribution is 5.30. The predicted molar refractivity (Wildman–Crippen MR) is 39.0 cm³/mol. The molecule has 48 valence electrons. The number of hydrogen-bond donors (Lipinski definition) is 0. The zero-order valence-electron chi connectivity index (χ0n) is 5.96. The first-order chi connectivity index (χ1) is 4.25. The Kier molecular flexibility index (Phi) is 0.769. The van der Waals surface area contributed by atoms with Crippen LogP contribution >= 0.6 is 0 Å². The van der Waals surface area contributed by atoms with Gasteiger partial charge in [-0.3, -0.25) is 0 Å². The van der Waals surface area contributed by atoms with Gasteiger partial charge >= 0.3 is 0 Å². The van der Waals surface area contributed by atoms with Crippen molar-refractivity contribution < 1.29 is 0 Å². The van der Waals surface area contributed by atoms with Gasteiger partial charge in [0.1, 0.15) is 0 Å². The molecule has 9 heavy (non-hydrogen) atoms. The van der Waals surface area contributed by atoms with Crippen molar-refractivity contribution in [1.82, 2.24) is 0 Å². The normalized spacial score (nSPS) is 53.1. The molecule has 2 rings (SSSR count). The quantitative estimate of drug-likeness (QED) is 0.460. The first-order valence-electron chi connectivity index (χ1n) is 3.61. The summed E-state index contributed by atoms with van der Waals surface area (Å²) in [7, 11) is 0. The molecule has 0 saturated heterocycles. The first kappa shape index (κ1) is 5.28. The van der Waals surface area contributed by atoms with E-state index in [1.54, 1.807) is 0 Å². The molecule has 0 aromatic carbocycles. The Labute approximate surface area is 56.3 Å². The molecule has 2 aliphatic carbocycles. The number of hydrogen-bond acceptors (Lipinski definition) is 0. The molecular formula is C9H12. The number of allylic oxidation sites excluding steroid dienone is 4. The average molecular weight is 120 g/mol. The summed E-state index contributed by atoms with van der Waals surface area (Å²) in [5.74, 6) is 1.73.